The lowest BCUT2D eigenvalue weighted by Crippen LogP contribution is -2.52. The standard InChI is InChI=1S/C17H33BN2O6S/c1-2-4-13(15(11-21)27(20)26)7-6-12-8-9-17(19,16(22)23)14(12)5-3-10-18(24)25/h11-15,24-25H,2-10,19-20H2,1H3,(H,22,23)/t12-,13?,14?,15?,17?,27?/m1/s1. The third-order valence-corrected chi connectivity index (χ3v) is 7.00. The molecule has 6 atom stereocenters. The summed E-state index contributed by atoms with van der Waals surface area (Å²) in [5, 5.41) is 32.4. The Balaban J connectivity index is 2.83. The third-order valence-electron chi connectivity index (χ3n) is 5.97. The Labute approximate surface area is 163 Å². The Bertz CT molecular complexity index is 524. The van der Waals surface area contributed by atoms with Gasteiger partial charge in [0.1, 0.15) is 17.1 Å². The Hall–Kier alpha value is -0.805. The predicted molar refractivity (Wildman–Crippen MR) is 105 cm³/mol. The zero-order valence-corrected chi connectivity index (χ0v) is 16.8. The second-order valence-corrected chi connectivity index (χ2v) is 8.92. The topological polar surface area (TPSA) is 164 Å². The molecule has 0 heterocycles. The summed E-state index contributed by atoms with van der Waals surface area (Å²) >= 11 is 0. The highest BCUT2D eigenvalue weighted by Crippen LogP contribution is 2.45. The summed E-state index contributed by atoms with van der Waals surface area (Å²) in [5.74, 6) is -1.33. The second kappa shape index (κ2) is 11.3. The van der Waals surface area contributed by atoms with Crippen LogP contribution in [0.2, 0.25) is 6.32 Å². The van der Waals surface area contributed by atoms with E-state index >= 15 is 0 Å². The number of hydrogen-bond acceptors (Lipinski definition) is 6. The van der Waals surface area contributed by atoms with Crippen LogP contribution in [0.25, 0.3) is 0 Å². The number of nitrogens with two attached hydrogens (primary N) is 2. The number of carbonyl (C=O) groups is 2. The van der Waals surface area contributed by atoms with E-state index in [1.165, 1.54) is 0 Å². The smallest absolute Gasteiger partial charge is 0.451 e. The summed E-state index contributed by atoms with van der Waals surface area (Å²) in [4.78, 5) is 23.0. The van der Waals surface area contributed by atoms with Crippen LogP contribution in [-0.4, -0.2) is 49.5 Å². The monoisotopic (exact) mass is 404 g/mol. The van der Waals surface area contributed by atoms with E-state index < -0.39 is 34.9 Å². The predicted octanol–water partition coefficient (Wildman–Crippen LogP) is 0.434. The molecule has 0 aromatic rings. The highest BCUT2D eigenvalue weighted by Gasteiger charge is 2.50. The van der Waals surface area contributed by atoms with Crippen molar-refractivity contribution in [2.75, 3.05) is 0 Å². The van der Waals surface area contributed by atoms with Crippen LogP contribution in [0.5, 0.6) is 0 Å². The van der Waals surface area contributed by atoms with Gasteiger partial charge in [0.2, 0.25) is 0 Å². The first-order chi connectivity index (χ1) is 12.7. The van der Waals surface area contributed by atoms with Gasteiger partial charge >= 0.3 is 13.1 Å². The molecule has 5 unspecified atom stereocenters. The molecular formula is C17H33BN2O6S. The minimum atomic E-state index is -1.72. The molecule has 1 rings (SSSR count). The van der Waals surface area contributed by atoms with E-state index in [1.807, 2.05) is 6.92 Å². The average Bonchev–Trinajstić information content (AvgIpc) is 2.90. The third kappa shape index (κ3) is 6.64. The Morgan fingerprint density at radius 3 is 2.52 bits per heavy atom. The minimum absolute atomic E-state index is 0.0693. The van der Waals surface area contributed by atoms with E-state index in [2.05, 4.69) is 0 Å². The van der Waals surface area contributed by atoms with Crippen LogP contribution in [-0.2, 0) is 20.6 Å². The quantitative estimate of drug-likeness (QED) is 0.219. The number of carbonyl (C=O) groups excluding carboxylic acids is 1. The maximum Gasteiger partial charge on any atom is 0.451 e. The van der Waals surface area contributed by atoms with Crippen LogP contribution in [0.15, 0.2) is 0 Å². The molecule has 0 amide bonds. The molecule has 156 valence electrons. The van der Waals surface area contributed by atoms with Gasteiger partial charge in [-0.3, -0.25) is 9.93 Å². The average molecular weight is 404 g/mol. The molecule has 0 saturated heterocycles. The molecule has 8 nitrogen and oxygen atoms in total. The van der Waals surface area contributed by atoms with E-state index in [0.29, 0.717) is 44.8 Å². The molecule has 0 spiro atoms. The van der Waals surface area contributed by atoms with Gasteiger partial charge in [-0.15, -0.1) is 0 Å². The molecule has 0 aromatic carbocycles. The molecule has 1 saturated carbocycles. The zero-order valence-electron chi connectivity index (χ0n) is 16.0. The lowest BCUT2D eigenvalue weighted by molar-refractivity contribution is -0.145. The van der Waals surface area contributed by atoms with Gasteiger partial charge in [-0.2, -0.15) is 0 Å². The number of carboxylic acids is 1. The minimum Gasteiger partial charge on any atom is -0.480 e. The van der Waals surface area contributed by atoms with Gasteiger partial charge in [-0.25, -0.2) is 4.21 Å². The van der Waals surface area contributed by atoms with Gasteiger partial charge in [0.05, 0.1) is 11.0 Å². The van der Waals surface area contributed by atoms with E-state index in [-0.39, 0.29) is 24.1 Å². The van der Waals surface area contributed by atoms with Gasteiger partial charge in [-0.1, -0.05) is 19.8 Å². The van der Waals surface area contributed by atoms with Crippen LogP contribution in [0.3, 0.4) is 0 Å². The van der Waals surface area contributed by atoms with Gasteiger partial charge in [0.15, 0.2) is 0 Å². The fourth-order valence-corrected chi connectivity index (χ4v) is 5.24. The first-order valence-corrected chi connectivity index (χ1v) is 10.9. The van der Waals surface area contributed by atoms with Gasteiger partial charge in [-0.05, 0) is 62.6 Å². The Morgan fingerprint density at radius 2 is 2.04 bits per heavy atom. The summed E-state index contributed by atoms with van der Waals surface area (Å²) in [6.07, 6.45) is 5.76. The van der Waals surface area contributed by atoms with Crippen LogP contribution < -0.4 is 10.9 Å². The highest BCUT2D eigenvalue weighted by molar-refractivity contribution is 7.84. The molecular weight excluding hydrogens is 371 g/mol. The fraction of sp³-hybridized carbons (Fsp3) is 0.882. The van der Waals surface area contributed by atoms with Crippen molar-refractivity contribution in [1.82, 2.24) is 0 Å². The van der Waals surface area contributed by atoms with E-state index in [0.717, 1.165) is 12.8 Å². The van der Waals surface area contributed by atoms with Crippen LogP contribution >= 0.6 is 0 Å². The Morgan fingerprint density at radius 1 is 1.37 bits per heavy atom. The summed E-state index contributed by atoms with van der Waals surface area (Å²) in [5.41, 5.74) is 4.89. The molecule has 0 aliphatic heterocycles. The number of rotatable bonds is 13. The lowest BCUT2D eigenvalue weighted by atomic mass is 9.74. The molecule has 10 heteroatoms. The largest absolute Gasteiger partial charge is 0.480 e. The van der Waals surface area contributed by atoms with Crippen molar-refractivity contribution in [3.8, 4) is 0 Å². The molecule has 1 aliphatic carbocycles. The van der Waals surface area contributed by atoms with Crippen molar-refractivity contribution in [1.29, 1.82) is 0 Å². The number of hydrogen-bond donors (Lipinski definition) is 5. The summed E-state index contributed by atoms with van der Waals surface area (Å²) in [6.45, 7) is 1.99. The Kier molecular flexibility index (Phi) is 10.1. The number of aliphatic carboxylic acids is 1. The molecule has 0 radical (unpaired) electrons. The van der Waals surface area contributed by atoms with Crippen LogP contribution in [0.4, 0.5) is 0 Å². The first-order valence-electron chi connectivity index (χ1n) is 9.66. The number of aldehydes is 1. The second-order valence-electron chi connectivity index (χ2n) is 7.72. The molecule has 1 fully saturated rings. The van der Waals surface area contributed by atoms with Crippen molar-refractivity contribution in [3.63, 3.8) is 0 Å². The van der Waals surface area contributed by atoms with Crippen molar-refractivity contribution in [2.24, 2.45) is 28.6 Å². The maximum atomic E-state index is 11.7. The van der Waals surface area contributed by atoms with Crippen molar-refractivity contribution >= 4 is 30.4 Å². The maximum absolute atomic E-state index is 11.7. The first kappa shape index (κ1) is 24.2. The zero-order chi connectivity index (χ0) is 20.6. The summed E-state index contributed by atoms with van der Waals surface area (Å²) < 4.78 is 11.7. The number of carboxylic acid groups (broad SMARTS) is 1. The van der Waals surface area contributed by atoms with Crippen LogP contribution in [0, 0.1) is 17.8 Å². The summed E-state index contributed by atoms with van der Waals surface area (Å²) in [6, 6.07) is 0. The van der Waals surface area contributed by atoms with E-state index in [4.69, 9.17) is 20.9 Å². The van der Waals surface area contributed by atoms with Gasteiger partial charge in [0.25, 0.3) is 0 Å². The molecule has 1 aliphatic rings. The summed E-state index contributed by atoms with van der Waals surface area (Å²) in [7, 11) is -3.14. The van der Waals surface area contributed by atoms with E-state index in [1.54, 1.807) is 0 Å². The molecule has 7 N–H and O–H groups in total. The normalized spacial score (nSPS) is 28.5. The fourth-order valence-electron chi connectivity index (χ4n) is 4.48. The molecule has 0 aromatic heterocycles. The van der Waals surface area contributed by atoms with Gasteiger partial charge < -0.3 is 25.7 Å². The lowest BCUT2D eigenvalue weighted by Gasteiger charge is -2.31. The molecule has 0 bridgehead atoms. The van der Waals surface area contributed by atoms with E-state index in [9.17, 15) is 18.9 Å². The van der Waals surface area contributed by atoms with Crippen LogP contribution in [0.1, 0.15) is 58.3 Å². The van der Waals surface area contributed by atoms with Crippen molar-refractivity contribution in [2.45, 2.75) is 75.4 Å². The van der Waals surface area contributed by atoms with Crippen molar-refractivity contribution < 1.29 is 29.0 Å². The van der Waals surface area contributed by atoms with Gasteiger partial charge in [0, 0.05) is 0 Å². The van der Waals surface area contributed by atoms with Crippen molar-refractivity contribution in [3.05, 3.63) is 0 Å². The molecule has 27 heavy (non-hydrogen) atoms. The SMILES string of the molecule is CCCC(CC[C@@H]1CCC(N)(C(=O)O)C1CCCB(O)O)C(C=O)S(N)=O. The highest BCUT2D eigenvalue weighted by atomic mass is 32.2.